The zero-order valence-electron chi connectivity index (χ0n) is 13.4. The van der Waals surface area contributed by atoms with Crippen LogP contribution in [-0.2, 0) is 0 Å². The molecule has 0 aromatic heterocycles. The van der Waals surface area contributed by atoms with Gasteiger partial charge in [-0.25, -0.2) is 4.79 Å². The molecule has 0 aliphatic rings. The van der Waals surface area contributed by atoms with Crippen molar-refractivity contribution in [1.29, 1.82) is 0 Å². The monoisotopic (exact) mass is 345 g/mol. The minimum absolute atomic E-state index is 0.0291. The number of carboxylic acid groups (broad SMARTS) is 1. The van der Waals surface area contributed by atoms with Crippen LogP contribution in [0.1, 0.15) is 15.9 Å². The number of methoxy groups -OCH3 is 2. The van der Waals surface area contributed by atoms with Gasteiger partial charge >= 0.3 is 5.97 Å². The number of nitrogens with zero attached hydrogens (tertiary/aromatic N) is 2. The Kier molecular flexibility index (Phi) is 5.51. The number of carbonyl (C=O) groups is 1. The van der Waals surface area contributed by atoms with Crippen LogP contribution in [0.2, 0.25) is 0 Å². The van der Waals surface area contributed by atoms with Crippen molar-refractivity contribution in [1.82, 2.24) is 0 Å². The molecule has 25 heavy (non-hydrogen) atoms. The number of nitro benzene ring substituents is 1. The summed E-state index contributed by atoms with van der Waals surface area (Å²) in [6.45, 7) is 0. The van der Waals surface area contributed by atoms with E-state index in [1.54, 1.807) is 12.1 Å². The maximum Gasteiger partial charge on any atom is 0.337 e. The molecule has 2 aromatic carbocycles. The molecule has 0 spiro atoms. The fraction of sp³-hybridized carbons (Fsp3) is 0.125. The van der Waals surface area contributed by atoms with Gasteiger partial charge in [0.1, 0.15) is 0 Å². The molecule has 0 aliphatic heterocycles. The van der Waals surface area contributed by atoms with Crippen molar-refractivity contribution in [2.45, 2.75) is 0 Å². The van der Waals surface area contributed by atoms with Gasteiger partial charge in [0, 0.05) is 0 Å². The molecule has 9 heteroatoms. The zero-order chi connectivity index (χ0) is 18.4. The Balaban J connectivity index is 2.35. The Morgan fingerprint density at radius 1 is 1.24 bits per heavy atom. The van der Waals surface area contributed by atoms with E-state index in [-0.39, 0.29) is 28.3 Å². The second kappa shape index (κ2) is 7.77. The summed E-state index contributed by atoms with van der Waals surface area (Å²) in [6.07, 6.45) is 1.21. The lowest BCUT2D eigenvalue weighted by Gasteiger charge is -2.08. The average Bonchev–Trinajstić information content (AvgIpc) is 2.61. The van der Waals surface area contributed by atoms with Crippen LogP contribution in [0, 0.1) is 10.1 Å². The number of hydrogen-bond donors (Lipinski definition) is 2. The molecule has 0 heterocycles. The average molecular weight is 345 g/mol. The molecule has 0 amide bonds. The van der Waals surface area contributed by atoms with Crippen molar-refractivity contribution in [3.63, 3.8) is 0 Å². The van der Waals surface area contributed by atoms with Crippen molar-refractivity contribution < 1.29 is 24.3 Å². The number of ether oxygens (including phenoxy) is 2. The van der Waals surface area contributed by atoms with E-state index in [0.29, 0.717) is 5.75 Å². The lowest BCUT2D eigenvalue weighted by molar-refractivity contribution is -0.385. The molecule has 0 radical (unpaired) electrons. The fourth-order valence-electron chi connectivity index (χ4n) is 2.08. The van der Waals surface area contributed by atoms with Crippen LogP contribution in [-0.4, -0.2) is 36.4 Å². The second-order valence-corrected chi connectivity index (χ2v) is 4.74. The maximum atomic E-state index is 11.2. The third-order valence-electron chi connectivity index (χ3n) is 3.28. The van der Waals surface area contributed by atoms with E-state index in [0.717, 1.165) is 0 Å². The number of benzene rings is 2. The van der Waals surface area contributed by atoms with Crippen LogP contribution in [0.4, 0.5) is 11.4 Å². The lowest BCUT2D eigenvalue weighted by atomic mass is 10.1. The lowest BCUT2D eigenvalue weighted by Crippen LogP contribution is -2.03. The van der Waals surface area contributed by atoms with Crippen molar-refractivity contribution in [2.75, 3.05) is 19.6 Å². The Labute approximate surface area is 142 Å². The smallest absolute Gasteiger partial charge is 0.337 e. The minimum Gasteiger partial charge on any atom is -0.493 e. The highest BCUT2D eigenvalue weighted by Crippen LogP contribution is 2.33. The Hall–Kier alpha value is -3.62. The Morgan fingerprint density at radius 2 is 1.88 bits per heavy atom. The Bertz CT molecular complexity index is 835. The van der Waals surface area contributed by atoms with Crippen molar-refractivity contribution >= 4 is 23.6 Å². The molecule has 0 fully saturated rings. The van der Waals surface area contributed by atoms with Gasteiger partial charge < -0.3 is 14.6 Å². The maximum absolute atomic E-state index is 11.2. The highest BCUT2D eigenvalue weighted by Gasteiger charge is 2.18. The van der Waals surface area contributed by atoms with Gasteiger partial charge in [0.15, 0.2) is 11.5 Å². The summed E-state index contributed by atoms with van der Waals surface area (Å²) in [6, 6.07) is 8.81. The zero-order valence-corrected chi connectivity index (χ0v) is 13.4. The number of hydrazone groups is 1. The number of nitro groups is 1. The molecule has 0 aliphatic carbocycles. The van der Waals surface area contributed by atoms with E-state index >= 15 is 0 Å². The number of carboxylic acids is 1. The van der Waals surface area contributed by atoms with Crippen LogP contribution < -0.4 is 14.9 Å². The van der Waals surface area contributed by atoms with Crippen LogP contribution >= 0.6 is 0 Å². The minimum atomic E-state index is -1.12. The van der Waals surface area contributed by atoms with Gasteiger partial charge in [0.25, 0.3) is 5.69 Å². The molecule has 0 unspecified atom stereocenters. The number of rotatable bonds is 7. The van der Waals surface area contributed by atoms with Crippen molar-refractivity contribution in [3.05, 3.63) is 57.6 Å². The highest BCUT2D eigenvalue weighted by atomic mass is 16.6. The SMILES string of the molecule is COc1cc(C=NNc2ccccc2C(=O)O)c([N+](=O)[O-])cc1OC. The Morgan fingerprint density at radius 3 is 2.48 bits per heavy atom. The van der Waals surface area contributed by atoms with Crippen molar-refractivity contribution in [3.8, 4) is 11.5 Å². The summed E-state index contributed by atoms with van der Waals surface area (Å²) in [7, 11) is 2.78. The van der Waals surface area contributed by atoms with E-state index in [1.807, 2.05) is 0 Å². The number of para-hydroxylation sites is 1. The molecule has 9 nitrogen and oxygen atoms in total. The number of nitrogens with one attached hydrogen (secondary N) is 1. The molecular weight excluding hydrogens is 330 g/mol. The predicted molar refractivity (Wildman–Crippen MR) is 90.8 cm³/mol. The molecule has 0 atom stereocenters. The third-order valence-corrected chi connectivity index (χ3v) is 3.28. The second-order valence-electron chi connectivity index (χ2n) is 4.74. The van der Waals surface area contributed by atoms with Gasteiger partial charge in [-0.3, -0.25) is 15.5 Å². The third kappa shape index (κ3) is 4.02. The topological polar surface area (TPSA) is 123 Å². The van der Waals surface area contributed by atoms with Gasteiger partial charge in [-0.05, 0) is 18.2 Å². The standard InChI is InChI=1S/C16H15N3O6/c1-24-14-7-10(13(19(22)23)8-15(14)25-2)9-17-18-12-6-4-3-5-11(12)16(20)21/h3-9,18H,1-2H3,(H,20,21). The summed E-state index contributed by atoms with van der Waals surface area (Å²) in [5.74, 6) is -0.591. The first-order valence-electron chi connectivity index (χ1n) is 6.99. The number of hydrogen-bond acceptors (Lipinski definition) is 7. The quantitative estimate of drug-likeness (QED) is 0.449. The van der Waals surface area contributed by atoms with E-state index in [4.69, 9.17) is 14.6 Å². The van der Waals surface area contributed by atoms with Crippen LogP contribution in [0.5, 0.6) is 11.5 Å². The summed E-state index contributed by atoms with van der Waals surface area (Å²) in [5, 5.41) is 24.2. The van der Waals surface area contributed by atoms with Crippen molar-refractivity contribution in [2.24, 2.45) is 5.10 Å². The molecule has 0 saturated heterocycles. The molecule has 2 N–H and O–H groups in total. The fourth-order valence-corrected chi connectivity index (χ4v) is 2.08. The predicted octanol–water partition coefficient (Wildman–Crippen LogP) is 2.76. The first kappa shape index (κ1) is 17.7. The molecule has 2 aromatic rings. The number of anilines is 1. The number of aromatic carboxylic acids is 1. The molecule has 130 valence electrons. The summed E-state index contributed by atoms with van der Waals surface area (Å²) in [4.78, 5) is 21.8. The molecule has 0 bridgehead atoms. The van der Waals surface area contributed by atoms with Crippen LogP contribution in [0.25, 0.3) is 0 Å². The van der Waals surface area contributed by atoms with Gasteiger partial charge in [0.2, 0.25) is 0 Å². The van der Waals surface area contributed by atoms with Crippen LogP contribution in [0.15, 0.2) is 41.5 Å². The summed E-state index contributed by atoms with van der Waals surface area (Å²) >= 11 is 0. The largest absolute Gasteiger partial charge is 0.493 e. The summed E-state index contributed by atoms with van der Waals surface area (Å²) < 4.78 is 10.2. The molecular formula is C16H15N3O6. The molecule has 0 saturated carbocycles. The normalized spacial score (nSPS) is 10.5. The highest BCUT2D eigenvalue weighted by molar-refractivity contribution is 5.94. The van der Waals surface area contributed by atoms with E-state index in [1.165, 1.54) is 44.7 Å². The van der Waals surface area contributed by atoms with Crippen LogP contribution in [0.3, 0.4) is 0 Å². The van der Waals surface area contributed by atoms with Gasteiger partial charge in [0.05, 0.1) is 48.2 Å². The summed E-state index contributed by atoms with van der Waals surface area (Å²) in [5.41, 5.74) is 2.80. The first-order chi connectivity index (χ1) is 12.0. The van der Waals surface area contributed by atoms with Gasteiger partial charge in [-0.15, -0.1) is 0 Å². The first-order valence-corrected chi connectivity index (χ1v) is 6.99. The van der Waals surface area contributed by atoms with E-state index in [2.05, 4.69) is 10.5 Å². The van der Waals surface area contributed by atoms with E-state index < -0.39 is 10.9 Å². The van der Waals surface area contributed by atoms with E-state index in [9.17, 15) is 14.9 Å². The van der Waals surface area contributed by atoms with Gasteiger partial charge in [-0.2, -0.15) is 5.10 Å². The molecule has 2 rings (SSSR count). The van der Waals surface area contributed by atoms with Gasteiger partial charge in [-0.1, -0.05) is 12.1 Å².